The Labute approximate surface area is 180 Å². The van der Waals surface area contributed by atoms with E-state index in [2.05, 4.69) is 27.9 Å². The molecule has 31 heavy (non-hydrogen) atoms. The maximum Gasteiger partial charge on any atom is 0.250 e. The molecule has 7 nitrogen and oxygen atoms in total. The number of hydrogen-bond donors (Lipinski definition) is 2. The van der Waals surface area contributed by atoms with Gasteiger partial charge in [0.15, 0.2) is 0 Å². The third kappa shape index (κ3) is 3.74. The molecule has 1 aromatic carbocycles. The minimum atomic E-state index is -0.210. The highest BCUT2D eigenvalue weighted by Crippen LogP contribution is 2.42. The lowest BCUT2D eigenvalue weighted by molar-refractivity contribution is -0.113. The zero-order valence-electron chi connectivity index (χ0n) is 17.7. The fraction of sp³-hybridized carbons (Fsp3) is 0.250. The molecule has 0 fully saturated rings. The normalized spacial score (nSPS) is 16.1. The Morgan fingerprint density at radius 3 is 2.65 bits per heavy atom. The van der Waals surface area contributed by atoms with E-state index in [1.54, 1.807) is 6.92 Å². The van der Waals surface area contributed by atoms with Gasteiger partial charge in [0.1, 0.15) is 24.1 Å². The first kappa shape index (κ1) is 20.5. The zero-order valence-corrected chi connectivity index (χ0v) is 17.7. The van der Waals surface area contributed by atoms with Gasteiger partial charge in [0.25, 0.3) is 5.91 Å². The summed E-state index contributed by atoms with van der Waals surface area (Å²) in [7, 11) is 1.96. The average molecular weight is 415 g/mol. The van der Waals surface area contributed by atoms with Crippen molar-refractivity contribution < 1.29 is 9.59 Å². The number of nitrogens with two attached hydrogens (primary N) is 1. The fourth-order valence-electron chi connectivity index (χ4n) is 4.08. The minimum absolute atomic E-state index is 0.0620. The van der Waals surface area contributed by atoms with E-state index in [9.17, 15) is 9.59 Å². The van der Waals surface area contributed by atoms with E-state index in [1.165, 1.54) is 6.33 Å². The smallest absolute Gasteiger partial charge is 0.250 e. The summed E-state index contributed by atoms with van der Waals surface area (Å²) in [5.74, 6) is 0.288. The second-order valence-corrected chi connectivity index (χ2v) is 7.95. The van der Waals surface area contributed by atoms with E-state index in [4.69, 9.17) is 5.73 Å². The van der Waals surface area contributed by atoms with Gasteiger partial charge in [0.2, 0.25) is 0 Å². The summed E-state index contributed by atoms with van der Waals surface area (Å²) in [5, 5.41) is 3.66. The molecule has 0 radical (unpaired) electrons. The Morgan fingerprint density at radius 2 is 2.03 bits per heavy atom. The summed E-state index contributed by atoms with van der Waals surface area (Å²) in [4.78, 5) is 31.8. The molecule has 1 atom stereocenters. The summed E-state index contributed by atoms with van der Waals surface area (Å²) in [5.41, 5.74) is 12.3. The lowest BCUT2D eigenvalue weighted by Gasteiger charge is -2.19. The standard InChI is InChI=1S/C24H25N5O2/c1-14(2)24(31)28-18-10-8-17(9-11-18)21-19(16-6-4-15(12-30)5-7-16)20-22(25)26-13-27-23(20)29(21)3/h6,8-13,15H,1,4-5,7H2,2-3H3,(H,28,31)(H2,25,26,27)/t15-/m1/s1. The Morgan fingerprint density at radius 1 is 1.29 bits per heavy atom. The van der Waals surface area contributed by atoms with Crippen LogP contribution in [0, 0.1) is 5.92 Å². The molecule has 0 saturated heterocycles. The Balaban J connectivity index is 1.84. The molecular formula is C24H25N5O2. The second kappa shape index (κ2) is 8.18. The van der Waals surface area contributed by atoms with Crippen LogP contribution in [0.15, 0.2) is 48.8 Å². The number of hydrogen-bond acceptors (Lipinski definition) is 5. The quantitative estimate of drug-likeness (QED) is 0.482. The lowest BCUT2D eigenvalue weighted by atomic mass is 9.85. The Kier molecular flexibility index (Phi) is 5.42. The van der Waals surface area contributed by atoms with Gasteiger partial charge in [-0.1, -0.05) is 24.8 Å². The third-order valence-corrected chi connectivity index (χ3v) is 5.77. The highest BCUT2D eigenvalue weighted by Gasteiger charge is 2.25. The van der Waals surface area contributed by atoms with Crippen molar-refractivity contribution in [3.05, 3.63) is 54.4 Å². The van der Waals surface area contributed by atoms with E-state index in [0.717, 1.165) is 52.6 Å². The van der Waals surface area contributed by atoms with Crippen LogP contribution >= 0.6 is 0 Å². The van der Waals surface area contributed by atoms with Crippen molar-refractivity contribution >= 4 is 40.3 Å². The summed E-state index contributed by atoms with van der Waals surface area (Å²) >= 11 is 0. The number of aryl methyl sites for hydroxylation is 1. The summed E-state index contributed by atoms with van der Waals surface area (Å²) in [6, 6.07) is 7.66. The molecule has 0 aliphatic heterocycles. The van der Waals surface area contributed by atoms with Gasteiger partial charge in [-0.2, -0.15) is 0 Å². The number of nitrogens with zero attached hydrogens (tertiary/aromatic N) is 3. The van der Waals surface area contributed by atoms with Crippen molar-refractivity contribution in [1.29, 1.82) is 0 Å². The molecule has 0 bridgehead atoms. The number of nitrogen functional groups attached to an aromatic ring is 1. The van der Waals surface area contributed by atoms with E-state index in [0.29, 0.717) is 23.5 Å². The van der Waals surface area contributed by atoms with Gasteiger partial charge in [-0.3, -0.25) is 4.79 Å². The lowest BCUT2D eigenvalue weighted by Crippen LogP contribution is -2.11. The molecule has 158 valence electrons. The predicted molar refractivity (Wildman–Crippen MR) is 123 cm³/mol. The summed E-state index contributed by atoms with van der Waals surface area (Å²) in [6.45, 7) is 5.34. The fourth-order valence-corrected chi connectivity index (χ4v) is 4.08. The SMILES string of the molecule is C=C(C)C(=O)Nc1ccc(-c2c(C3=CC[C@@H](C=O)CC3)c3c(N)ncnc3n2C)cc1. The van der Waals surface area contributed by atoms with Crippen LogP contribution in [0.3, 0.4) is 0 Å². The van der Waals surface area contributed by atoms with Crippen LogP contribution in [0.1, 0.15) is 31.7 Å². The number of benzene rings is 1. The van der Waals surface area contributed by atoms with Crippen LogP contribution in [0.5, 0.6) is 0 Å². The average Bonchev–Trinajstić information content (AvgIpc) is 3.08. The highest BCUT2D eigenvalue weighted by molar-refractivity contribution is 6.05. The summed E-state index contributed by atoms with van der Waals surface area (Å²) < 4.78 is 2.02. The number of fused-ring (bicyclic) bond motifs is 1. The molecule has 0 saturated carbocycles. The van der Waals surface area contributed by atoms with Gasteiger partial charge < -0.3 is 20.4 Å². The molecule has 1 amide bonds. The number of rotatable bonds is 5. The Hall–Kier alpha value is -3.74. The first-order valence-corrected chi connectivity index (χ1v) is 10.2. The second-order valence-electron chi connectivity index (χ2n) is 7.95. The van der Waals surface area contributed by atoms with Crippen LogP contribution in [0.4, 0.5) is 11.5 Å². The molecule has 1 aliphatic rings. The number of nitrogens with one attached hydrogen (secondary N) is 1. The predicted octanol–water partition coefficient (Wildman–Crippen LogP) is 4.11. The van der Waals surface area contributed by atoms with Crippen LogP contribution in [0.25, 0.3) is 27.9 Å². The van der Waals surface area contributed by atoms with Gasteiger partial charge in [0.05, 0.1) is 11.1 Å². The summed E-state index contributed by atoms with van der Waals surface area (Å²) in [6.07, 6.45) is 6.95. The molecule has 4 rings (SSSR count). The molecule has 7 heteroatoms. The molecule has 2 aromatic heterocycles. The van der Waals surface area contributed by atoms with Crippen molar-refractivity contribution in [3.8, 4) is 11.3 Å². The van der Waals surface area contributed by atoms with Crippen LogP contribution in [-0.2, 0) is 16.6 Å². The minimum Gasteiger partial charge on any atom is -0.383 e. The van der Waals surface area contributed by atoms with Crippen LogP contribution < -0.4 is 11.1 Å². The van der Waals surface area contributed by atoms with Gasteiger partial charge in [0, 0.05) is 29.8 Å². The van der Waals surface area contributed by atoms with E-state index in [1.807, 2.05) is 35.9 Å². The van der Waals surface area contributed by atoms with Crippen molar-refractivity contribution in [3.63, 3.8) is 0 Å². The van der Waals surface area contributed by atoms with Crippen LogP contribution in [0.2, 0.25) is 0 Å². The molecule has 3 aromatic rings. The maximum atomic E-state index is 11.9. The van der Waals surface area contributed by atoms with Gasteiger partial charge in [-0.15, -0.1) is 0 Å². The number of carbonyl (C=O) groups excluding carboxylic acids is 2. The van der Waals surface area contributed by atoms with E-state index in [-0.39, 0.29) is 11.8 Å². The molecule has 0 unspecified atom stereocenters. The molecule has 1 aliphatic carbocycles. The van der Waals surface area contributed by atoms with Gasteiger partial charge >= 0.3 is 0 Å². The number of aromatic nitrogens is 3. The largest absolute Gasteiger partial charge is 0.383 e. The van der Waals surface area contributed by atoms with Crippen molar-refractivity contribution in [2.45, 2.75) is 26.2 Å². The zero-order chi connectivity index (χ0) is 22.1. The number of aldehydes is 1. The maximum absolute atomic E-state index is 11.9. The van der Waals surface area contributed by atoms with Crippen molar-refractivity contribution in [2.24, 2.45) is 13.0 Å². The van der Waals surface area contributed by atoms with E-state index >= 15 is 0 Å². The number of carbonyl (C=O) groups is 2. The first-order valence-electron chi connectivity index (χ1n) is 10.2. The van der Waals surface area contributed by atoms with Crippen molar-refractivity contribution in [1.82, 2.24) is 14.5 Å². The van der Waals surface area contributed by atoms with Crippen molar-refractivity contribution in [2.75, 3.05) is 11.1 Å². The van der Waals surface area contributed by atoms with Crippen LogP contribution in [-0.4, -0.2) is 26.7 Å². The molecule has 3 N–H and O–H groups in total. The molecular weight excluding hydrogens is 390 g/mol. The Bertz CT molecular complexity index is 1220. The third-order valence-electron chi connectivity index (χ3n) is 5.77. The molecule has 2 heterocycles. The highest BCUT2D eigenvalue weighted by atomic mass is 16.1. The number of allylic oxidation sites excluding steroid dienone is 2. The monoisotopic (exact) mass is 415 g/mol. The first-order chi connectivity index (χ1) is 14.9. The van der Waals surface area contributed by atoms with Gasteiger partial charge in [-0.25, -0.2) is 9.97 Å². The van der Waals surface area contributed by atoms with E-state index < -0.39 is 0 Å². The topological polar surface area (TPSA) is 103 Å². The molecule has 0 spiro atoms. The van der Waals surface area contributed by atoms with Gasteiger partial charge in [-0.05, 0) is 49.5 Å². The number of amides is 1. The number of anilines is 2.